The molecule has 29 heavy (non-hydrogen) atoms. The van der Waals surface area contributed by atoms with E-state index in [1.165, 1.54) is 15.9 Å². The van der Waals surface area contributed by atoms with Gasteiger partial charge in [0.1, 0.15) is 18.0 Å². The van der Waals surface area contributed by atoms with Crippen LogP contribution in [0.3, 0.4) is 0 Å². The van der Waals surface area contributed by atoms with E-state index in [1.807, 2.05) is 12.1 Å². The zero-order chi connectivity index (χ0) is 21.1. The Morgan fingerprint density at radius 2 is 1.86 bits per heavy atom. The van der Waals surface area contributed by atoms with Gasteiger partial charge in [-0.05, 0) is 35.6 Å². The first kappa shape index (κ1) is 21.2. The first-order chi connectivity index (χ1) is 13.8. The molecule has 0 radical (unpaired) electrons. The van der Waals surface area contributed by atoms with Crippen LogP contribution in [0.5, 0.6) is 0 Å². The van der Waals surface area contributed by atoms with Crippen molar-refractivity contribution in [3.05, 3.63) is 53.4 Å². The molecule has 1 saturated heterocycles. The molecule has 3 rings (SSSR count). The standard InChI is InChI=1S/C22H27F2N3O2/c1-26(2)21(28)19(20(25)22(29)27-12-11-18(24)13-27)16-5-3-14(4-6-16)15-7-9-17(23)10-8-15/h3-7,9,18-20H,8,10-13,25H2,1-2H3/t18-,19?,20?/m0/s1. The molecule has 2 unspecified atom stereocenters. The molecule has 0 aromatic heterocycles. The summed E-state index contributed by atoms with van der Waals surface area (Å²) in [5.41, 5.74) is 8.81. The van der Waals surface area contributed by atoms with Crippen molar-refractivity contribution in [2.75, 3.05) is 27.2 Å². The molecule has 2 N–H and O–H groups in total. The Balaban J connectivity index is 1.85. The summed E-state index contributed by atoms with van der Waals surface area (Å²) in [7, 11) is 3.23. The molecule has 1 aromatic rings. The molecule has 0 spiro atoms. The summed E-state index contributed by atoms with van der Waals surface area (Å²) in [4.78, 5) is 28.4. The van der Waals surface area contributed by atoms with Gasteiger partial charge in [0.2, 0.25) is 11.8 Å². The molecule has 0 bridgehead atoms. The van der Waals surface area contributed by atoms with Gasteiger partial charge in [-0.25, -0.2) is 8.78 Å². The Bertz CT molecular complexity index is 833. The highest BCUT2D eigenvalue weighted by Crippen LogP contribution is 2.30. The second-order valence-electron chi connectivity index (χ2n) is 7.83. The SMILES string of the molecule is CN(C)C(=O)C(c1ccc(C2=CC=C(F)CC2)cc1)C(N)C(=O)N1CC[C@H](F)C1. The minimum Gasteiger partial charge on any atom is -0.348 e. The maximum Gasteiger partial charge on any atom is 0.240 e. The molecule has 1 aromatic carbocycles. The molecule has 1 heterocycles. The van der Waals surface area contributed by atoms with Crippen LogP contribution in [0.25, 0.3) is 5.57 Å². The number of nitrogens with two attached hydrogens (primary N) is 1. The molecule has 5 nitrogen and oxygen atoms in total. The number of likely N-dealkylation sites (N-methyl/N-ethyl adjacent to an activating group) is 1. The van der Waals surface area contributed by atoms with Crippen LogP contribution in [0.2, 0.25) is 0 Å². The Hall–Kier alpha value is -2.54. The van der Waals surface area contributed by atoms with E-state index in [1.54, 1.807) is 32.3 Å². The van der Waals surface area contributed by atoms with Crippen molar-refractivity contribution in [2.45, 2.75) is 37.4 Å². The Labute approximate surface area is 169 Å². The van der Waals surface area contributed by atoms with Crippen LogP contribution in [0.15, 0.2) is 42.2 Å². The topological polar surface area (TPSA) is 66.6 Å². The fourth-order valence-corrected chi connectivity index (χ4v) is 3.81. The van der Waals surface area contributed by atoms with Gasteiger partial charge >= 0.3 is 0 Å². The molecule has 1 aliphatic heterocycles. The van der Waals surface area contributed by atoms with Gasteiger partial charge in [-0.1, -0.05) is 30.3 Å². The van der Waals surface area contributed by atoms with Crippen molar-refractivity contribution in [2.24, 2.45) is 5.73 Å². The van der Waals surface area contributed by atoms with Crippen molar-refractivity contribution in [3.63, 3.8) is 0 Å². The van der Waals surface area contributed by atoms with E-state index in [0.29, 0.717) is 31.4 Å². The lowest BCUT2D eigenvalue weighted by Crippen LogP contribution is -2.50. The van der Waals surface area contributed by atoms with E-state index in [-0.39, 0.29) is 18.3 Å². The Morgan fingerprint density at radius 1 is 1.17 bits per heavy atom. The number of alkyl halides is 1. The second kappa shape index (κ2) is 8.86. The van der Waals surface area contributed by atoms with Gasteiger partial charge < -0.3 is 15.5 Å². The number of carbonyl (C=O) groups excluding carboxylic acids is 2. The largest absolute Gasteiger partial charge is 0.348 e. The molecule has 2 aliphatic rings. The molecule has 7 heteroatoms. The van der Waals surface area contributed by atoms with Gasteiger partial charge in [0.25, 0.3) is 0 Å². The van der Waals surface area contributed by atoms with Crippen LogP contribution in [0, 0.1) is 0 Å². The number of halogens is 2. The average Bonchev–Trinajstić information content (AvgIpc) is 3.15. The van der Waals surface area contributed by atoms with Crippen LogP contribution in [-0.2, 0) is 9.59 Å². The summed E-state index contributed by atoms with van der Waals surface area (Å²) in [6, 6.07) is 6.20. The van der Waals surface area contributed by atoms with Gasteiger partial charge in [-0.15, -0.1) is 0 Å². The molecule has 1 aliphatic carbocycles. The monoisotopic (exact) mass is 403 g/mol. The summed E-state index contributed by atoms with van der Waals surface area (Å²) >= 11 is 0. The zero-order valence-electron chi connectivity index (χ0n) is 16.8. The highest BCUT2D eigenvalue weighted by Gasteiger charge is 2.37. The van der Waals surface area contributed by atoms with Gasteiger partial charge in [0.05, 0.1) is 12.5 Å². The minimum atomic E-state index is -1.09. The van der Waals surface area contributed by atoms with E-state index in [2.05, 4.69) is 0 Å². The minimum absolute atomic E-state index is 0.0204. The smallest absolute Gasteiger partial charge is 0.240 e. The van der Waals surface area contributed by atoms with Crippen LogP contribution in [0.4, 0.5) is 8.78 Å². The lowest BCUT2D eigenvalue weighted by atomic mass is 9.88. The Morgan fingerprint density at radius 3 is 2.38 bits per heavy atom. The fourth-order valence-electron chi connectivity index (χ4n) is 3.81. The molecule has 3 atom stereocenters. The third-order valence-electron chi connectivity index (χ3n) is 5.53. The molecule has 2 amide bonds. The third-order valence-corrected chi connectivity index (χ3v) is 5.53. The quantitative estimate of drug-likeness (QED) is 0.822. The molecule has 0 saturated carbocycles. The van der Waals surface area contributed by atoms with Crippen molar-refractivity contribution in [1.29, 1.82) is 0 Å². The first-order valence-corrected chi connectivity index (χ1v) is 9.83. The number of nitrogens with zero attached hydrogens (tertiary/aromatic N) is 2. The summed E-state index contributed by atoms with van der Waals surface area (Å²) in [5, 5.41) is 0. The summed E-state index contributed by atoms with van der Waals surface area (Å²) < 4.78 is 26.7. The zero-order valence-corrected chi connectivity index (χ0v) is 16.8. The van der Waals surface area contributed by atoms with E-state index >= 15 is 0 Å². The maximum atomic E-state index is 13.5. The second-order valence-corrected chi connectivity index (χ2v) is 7.83. The van der Waals surface area contributed by atoms with E-state index in [0.717, 1.165) is 11.1 Å². The summed E-state index contributed by atoms with van der Waals surface area (Å²) in [6.07, 6.45) is 3.46. The summed E-state index contributed by atoms with van der Waals surface area (Å²) in [5.74, 6) is -1.69. The average molecular weight is 403 g/mol. The van der Waals surface area contributed by atoms with Crippen LogP contribution in [0.1, 0.15) is 36.3 Å². The number of amides is 2. The number of allylic oxidation sites excluding steroid dienone is 4. The first-order valence-electron chi connectivity index (χ1n) is 9.83. The highest BCUT2D eigenvalue weighted by molar-refractivity contribution is 5.93. The van der Waals surface area contributed by atoms with Crippen LogP contribution >= 0.6 is 0 Å². The number of hydrogen-bond donors (Lipinski definition) is 1. The maximum absolute atomic E-state index is 13.5. The molecule has 156 valence electrons. The van der Waals surface area contributed by atoms with Crippen molar-refractivity contribution < 1.29 is 18.4 Å². The molecule has 1 fully saturated rings. The number of likely N-dealkylation sites (tertiary alicyclic amines) is 1. The van der Waals surface area contributed by atoms with E-state index in [9.17, 15) is 18.4 Å². The van der Waals surface area contributed by atoms with Gasteiger partial charge in [-0.3, -0.25) is 9.59 Å². The van der Waals surface area contributed by atoms with Crippen molar-refractivity contribution in [1.82, 2.24) is 9.80 Å². The molecular formula is C22H27F2N3O2. The number of hydrogen-bond acceptors (Lipinski definition) is 3. The lowest BCUT2D eigenvalue weighted by Gasteiger charge is -2.28. The fraction of sp³-hybridized carbons (Fsp3) is 0.455. The van der Waals surface area contributed by atoms with Gasteiger partial charge in [-0.2, -0.15) is 0 Å². The third kappa shape index (κ3) is 4.72. The van der Waals surface area contributed by atoms with Crippen molar-refractivity contribution >= 4 is 17.4 Å². The normalized spacial score (nSPS) is 21.3. The van der Waals surface area contributed by atoms with Crippen LogP contribution in [-0.4, -0.2) is 61.0 Å². The van der Waals surface area contributed by atoms with Crippen molar-refractivity contribution in [3.8, 4) is 0 Å². The van der Waals surface area contributed by atoms with E-state index in [4.69, 9.17) is 5.73 Å². The van der Waals surface area contributed by atoms with Gasteiger partial charge in [0, 0.05) is 27.1 Å². The summed E-state index contributed by atoms with van der Waals surface area (Å²) in [6.45, 7) is 0.334. The van der Waals surface area contributed by atoms with E-state index < -0.39 is 24.0 Å². The van der Waals surface area contributed by atoms with Crippen LogP contribution < -0.4 is 5.73 Å². The number of rotatable bonds is 5. The predicted octanol–water partition coefficient (Wildman–Crippen LogP) is 2.79. The van der Waals surface area contributed by atoms with Gasteiger partial charge in [0.15, 0.2) is 0 Å². The highest BCUT2D eigenvalue weighted by atomic mass is 19.1. The lowest BCUT2D eigenvalue weighted by molar-refractivity contribution is -0.138. The Kier molecular flexibility index (Phi) is 6.47. The molecular weight excluding hydrogens is 376 g/mol. The predicted molar refractivity (Wildman–Crippen MR) is 108 cm³/mol. The number of carbonyl (C=O) groups is 2. The number of benzene rings is 1.